The van der Waals surface area contributed by atoms with E-state index in [1.54, 1.807) is 10.7 Å². The number of benzene rings is 1. The van der Waals surface area contributed by atoms with E-state index in [0.29, 0.717) is 0 Å². The zero-order valence-electron chi connectivity index (χ0n) is 10.6. The van der Waals surface area contributed by atoms with E-state index in [1.807, 2.05) is 18.2 Å². The van der Waals surface area contributed by atoms with Crippen LogP contribution in [0.5, 0.6) is 5.88 Å². The minimum Gasteiger partial charge on any atom is -0.493 e. The number of aromatic nitrogens is 2. The maximum atomic E-state index is 9.87. The van der Waals surface area contributed by atoms with Crippen molar-refractivity contribution in [3.8, 4) is 11.6 Å². The molecular weight excluding hydrogens is 212 g/mol. The summed E-state index contributed by atoms with van der Waals surface area (Å²) in [6.45, 7) is 6.24. The monoisotopic (exact) mass is 230 g/mol. The normalized spacial score (nSPS) is 10.8. The summed E-state index contributed by atoms with van der Waals surface area (Å²) in [5.41, 5.74) is 4.29. The summed E-state index contributed by atoms with van der Waals surface area (Å²) < 4.78 is 1.59. The van der Waals surface area contributed by atoms with Gasteiger partial charge in [0.1, 0.15) is 0 Å². The number of nitrogens with zero attached hydrogens (tertiary/aromatic N) is 2. The van der Waals surface area contributed by atoms with Crippen LogP contribution in [0.3, 0.4) is 0 Å². The summed E-state index contributed by atoms with van der Waals surface area (Å²) in [5.74, 6) is 0.205. The lowest BCUT2D eigenvalue weighted by molar-refractivity contribution is 0.433. The molecule has 1 N–H and O–H groups in total. The first-order valence-corrected chi connectivity index (χ1v) is 5.97. The first-order chi connectivity index (χ1) is 8.11. The van der Waals surface area contributed by atoms with E-state index in [0.717, 1.165) is 24.2 Å². The molecule has 0 saturated heterocycles. The molecular formula is C14H18N2O. The van der Waals surface area contributed by atoms with E-state index in [1.165, 1.54) is 11.1 Å². The van der Waals surface area contributed by atoms with Crippen LogP contribution in [0.1, 0.15) is 30.2 Å². The molecule has 0 aliphatic heterocycles. The van der Waals surface area contributed by atoms with Gasteiger partial charge in [-0.3, -0.25) is 0 Å². The molecule has 0 spiro atoms. The highest BCUT2D eigenvalue weighted by atomic mass is 16.3. The number of aromatic hydroxyl groups is 1. The molecule has 0 aliphatic carbocycles. The van der Waals surface area contributed by atoms with E-state index in [-0.39, 0.29) is 5.88 Å². The Kier molecular flexibility index (Phi) is 3.18. The molecule has 0 unspecified atom stereocenters. The minimum atomic E-state index is 0.205. The van der Waals surface area contributed by atoms with Crippen LogP contribution in [0.2, 0.25) is 0 Å². The third-order valence-corrected chi connectivity index (χ3v) is 2.98. The van der Waals surface area contributed by atoms with Crippen molar-refractivity contribution in [2.75, 3.05) is 0 Å². The minimum absolute atomic E-state index is 0.205. The number of hydrogen-bond donors (Lipinski definition) is 1. The molecule has 1 aromatic carbocycles. The summed E-state index contributed by atoms with van der Waals surface area (Å²) in [6.07, 6.45) is 1.93. The molecule has 2 rings (SSSR count). The molecule has 0 amide bonds. The zero-order valence-corrected chi connectivity index (χ0v) is 10.6. The Bertz CT molecular complexity index is 529. The first kappa shape index (κ1) is 11.7. The van der Waals surface area contributed by atoms with Crippen molar-refractivity contribution in [2.24, 2.45) is 0 Å². The molecule has 3 heteroatoms. The maximum Gasteiger partial charge on any atom is 0.214 e. The Balaban J connectivity index is 2.41. The van der Waals surface area contributed by atoms with E-state index in [9.17, 15) is 5.11 Å². The predicted octanol–water partition coefficient (Wildman–Crippen LogP) is 3.15. The van der Waals surface area contributed by atoms with Crippen molar-refractivity contribution in [2.45, 2.75) is 33.6 Å². The van der Waals surface area contributed by atoms with Gasteiger partial charge < -0.3 is 5.11 Å². The Hall–Kier alpha value is -1.77. The smallest absolute Gasteiger partial charge is 0.214 e. The zero-order chi connectivity index (χ0) is 12.4. The highest BCUT2D eigenvalue weighted by Crippen LogP contribution is 2.20. The summed E-state index contributed by atoms with van der Waals surface area (Å²) >= 11 is 0. The van der Waals surface area contributed by atoms with Crippen LogP contribution >= 0.6 is 0 Å². The van der Waals surface area contributed by atoms with Crippen LogP contribution < -0.4 is 0 Å². The van der Waals surface area contributed by atoms with Gasteiger partial charge in [0.05, 0.1) is 11.4 Å². The Morgan fingerprint density at radius 3 is 2.59 bits per heavy atom. The number of rotatable bonds is 3. The molecule has 90 valence electrons. The third kappa shape index (κ3) is 2.33. The van der Waals surface area contributed by atoms with Gasteiger partial charge in [-0.1, -0.05) is 19.4 Å². The molecule has 2 aromatic rings. The molecule has 0 fully saturated rings. The van der Waals surface area contributed by atoms with E-state index in [4.69, 9.17) is 0 Å². The van der Waals surface area contributed by atoms with Crippen molar-refractivity contribution in [3.63, 3.8) is 0 Å². The van der Waals surface area contributed by atoms with Gasteiger partial charge in [-0.05, 0) is 43.5 Å². The molecule has 3 nitrogen and oxygen atoms in total. The molecule has 0 atom stereocenters. The second kappa shape index (κ2) is 4.62. The van der Waals surface area contributed by atoms with Crippen LogP contribution in [0.25, 0.3) is 5.69 Å². The van der Waals surface area contributed by atoms with Crippen molar-refractivity contribution < 1.29 is 5.11 Å². The average molecular weight is 230 g/mol. The Labute approximate surface area is 102 Å². The predicted molar refractivity (Wildman–Crippen MR) is 68.7 cm³/mol. The van der Waals surface area contributed by atoms with Crippen LogP contribution in [0.4, 0.5) is 0 Å². The highest BCUT2D eigenvalue weighted by Gasteiger charge is 2.08. The van der Waals surface area contributed by atoms with Crippen LogP contribution in [0.15, 0.2) is 24.3 Å². The van der Waals surface area contributed by atoms with E-state index >= 15 is 0 Å². The fraction of sp³-hybridized carbons (Fsp3) is 0.357. The standard InChI is InChI=1S/C14H18N2O/c1-4-5-12-9-14(17)16(15-12)13-7-6-10(2)11(3)8-13/h6-9,17H,4-5H2,1-3H3. The van der Waals surface area contributed by atoms with Crippen molar-refractivity contribution >= 4 is 0 Å². The lowest BCUT2D eigenvalue weighted by Gasteiger charge is -2.06. The topological polar surface area (TPSA) is 38.0 Å². The molecule has 0 aliphatic rings. The van der Waals surface area contributed by atoms with Crippen LogP contribution in [-0.2, 0) is 6.42 Å². The second-order valence-electron chi connectivity index (χ2n) is 4.42. The van der Waals surface area contributed by atoms with Crippen molar-refractivity contribution in [1.29, 1.82) is 0 Å². The third-order valence-electron chi connectivity index (χ3n) is 2.98. The molecule has 0 saturated carbocycles. The maximum absolute atomic E-state index is 9.87. The average Bonchev–Trinajstić information content (AvgIpc) is 2.64. The van der Waals surface area contributed by atoms with Crippen LogP contribution in [0, 0.1) is 13.8 Å². The number of aryl methyl sites for hydroxylation is 3. The van der Waals surface area contributed by atoms with Crippen molar-refractivity contribution in [1.82, 2.24) is 9.78 Å². The van der Waals surface area contributed by atoms with Gasteiger partial charge in [-0.15, -0.1) is 0 Å². The van der Waals surface area contributed by atoms with Gasteiger partial charge in [0, 0.05) is 6.07 Å². The Morgan fingerprint density at radius 2 is 1.94 bits per heavy atom. The van der Waals surface area contributed by atoms with Gasteiger partial charge in [0.2, 0.25) is 5.88 Å². The number of hydrogen-bond acceptors (Lipinski definition) is 2. The SMILES string of the molecule is CCCc1cc(O)n(-c2ccc(C)c(C)c2)n1. The summed E-state index contributed by atoms with van der Waals surface area (Å²) in [4.78, 5) is 0. The summed E-state index contributed by atoms with van der Waals surface area (Å²) in [7, 11) is 0. The largest absolute Gasteiger partial charge is 0.493 e. The highest BCUT2D eigenvalue weighted by molar-refractivity contribution is 5.41. The molecule has 0 bridgehead atoms. The van der Waals surface area contributed by atoms with Gasteiger partial charge in [-0.2, -0.15) is 5.10 Å². The van der Waals surface area contributed by atoms with Gasteiger partial charge in [-0.25, -0.2) is 4.68 Å². The Morgan fingerprint density at radius 1 is 1.18 bits per heavy atom. The van der Waals surface area contributed by atoms with Crippen LogP contribution in [-0.4, -0.2) is 14.9 Å². The summed E-state index contributed by atoms with van der Waals surface area (Å²) in [5, 5.41) is 14.3. The molecule has 1 heterocycles. The van der Waals surface area contributed by atoms with Gasteiger partial charge in [0.25, 0.3) is 0 Å². The van der Waals surface area contributed by atoms with Crippen molar-refractivity contribution in [3.05, 3.63) is 41.1 Å². The van der Waals surface area contributed by atoms with Gasteiger partial charge in [0.15, 0.2) is 0 Å². The molecule has 17 heavy (non-hydrogen) atoms. The second-order valence-corrected chi connectivity index (χ2v) is 4.42. The fourth-order valence-electron chi connectivity index (χ4n) is 1.84. The quantitative estimate of drug-likeness (QED) is 0.879. The van der Waals surface area contributed by atoms with E-state index < -0.39 is 0 Å². The molecule has 1 aromatic heterocycles. The first-order valence-electron chi connectivity index (χ1n) is 5.97. The lowest BCUT2D eigenvalue weighted by Crippen LogP contribution is -1.98. The van der Waals surface area contributed by atoms with E-state index in [2.05, 4.69) is 25.9 Å². The lowest BCUT2D eigenvalue weighted by atomic mass is 10.1. The molecule has 0 radical (unpaired) electrons. The summed E-state index contributed by atoms with van der Waals surface area (Å²) in [6, 6.07) is 7.80. The fourth-order valence-corrected chi connectivity index (χ4v) is 1.84. The van der Waals surface area contributed by atoms with Gasteiger partial charge >= 0.3 is 0 Å².